The zero-order valence-electron chi connectivity index (χ0n) is 10.00. The summed E-state index contributed by atoms with van der Waals surface area (Å²) < 4.78 is 19.7. The van der Waals surface area contributed by atoms with Gasteiger partial charge in [0.1, 0.15) is 6.61 Å². The Balaban J connectivity index is 2.42. The van der Waals surface area contributed by atoms with E-state index in [1.54, 1.807) is 11.8 Å². The minimum Gasteiger partial charge on any atom is -0.479 e. The maximum absolute atomic E-state index is 11.5. The molecule has 1 saturated heterocycles. The van der Waals surface area contributed by atoms with Crippen molar-refractivity contribution in [2.24, 2.45) is 0 Å². The smallest absolute Gasteiger partial charge is 0.347 e. The van der Waals surface area contributed by atoms with E-state index in [1.807, 2.05) is 0 Å². The molecule has 0 saturated carbocycles. The number of aliphatic carboxylic acids is 1. The molecule has 0 radical (unpaired) electrons. The van der Waals surface area contributed by atoms with Gasteiger partial charge in [0.25, 0.3) is 6.10 Å². The number of rotatable bonds is 7. The molecule has 1 heterocycles. The van der Waals surface area contributed by atoms with Gasteiger partial charge >= 0.3 is 11.9 Å². The maximum atomic E-state index is 11.5. The number of carbonyl (C=O) groups is 2. The molecule has 1 N–H and O–H groups in total. The van der Waals surface area contributed by atoms with E-state index in [1.165, 1.54) is 7.11 Å². The molecule has 0 amide bonds. The Morgan fingerprint density at radius 2 is 2.28 bits per heavy atom. The molecule has 104 valence electrons. The molecular weight excluding hydrogens is 264 g/mol. The van der Waals surface area contributed by atoms with Gasteiger partial charge in [-0.05, 0) is 0 Å². The van der Waals surface area contributed by atoms with Crippen LogP contribution in [0, 0.1) is 0 Å². The second-order valence-electron chi connectivity index (χ2n) is 3.39. The molecule has 1 aliphatic rings. The molecular formula is C10H16O7S. The number of carbonyl (C=O) groups excluding carboxylic acids is 1. The normalized spacial score (nSPS) is 21.3. The van der Waals surface area contributed by atoms with Crippen LogP contribution >= 0.6 is 11.8 Å². The van der Waals surface area contributed by atoms with Crippen LogP contribution in [-0.4, -0.2) is 67.9 Å². The highest BCUT2D eigenvalue weighted by atomic mass is 32.2. The second kappa shape index (κ2) is 8.30. The molecule has 0 aliphatic carbocycles. The van der Waals surface area contributed by atoms with E-state index < -0.39 is 24.3 Å². The number of carboxylic acid groups (broad SMARTS) is 1. The number of thioether (sulfide) groups is 1. The molecule has 0 spiro atoms. The molecule has 0 aromatic heterocycles. The Bertz CT molecular complexity index is 277. The lowest BCUT2D eigenvalue weighted by atomic mass is 10.3. The van der Waals surface area contributed by atoms with E-state index in [0.717, 1.165) is 5.75 Å². The van der Waals surface area contributed by atoms with Crippen LogP contribution in [0.5, 0.6) is 0 Å². The fraction of sp³-hybridized carbons (Fsp3) is 0.800. The number of hydrogen-bond donors (Lipinski definition) is 1. The maximum Gasteiger partial charge on any atom is 0.347 e. The summed E-state index contributed by atoms with van der Waals surface area (Å²) in [5, 5.41) is 8.91. The number of carboxylic acids is 1. The van der Waals surface area contributed by atoms with E-state index in [2.05, 4.69) is 4.74 Å². The molecule has 1 rings (SSSR count). The van der Waals surface area contributed by atoms with Crippen molar-refractivity contribution in [2.75, 3.05) is 38.4 Å². The zero-order valence-corrected chi connectivity index (χ0v) is 10.8. The van der Waals surface area contributed by atoms with Crippen molar-refractivity contribution in [3.05, 3.63) is 0 Å². The van der Waals surface area contributed by atoms with Gasteiger partial charge in [-0.3, -0.25) is 0 Å². The first-order valence-electron chi connectivity index (χ1n) is 5.38. The van der Waals surface area contributed by atoms with Crippen LogP contribution in [0.3, 0.4) is 0 Å². The predicted molar refractivity (Wildman–Crippen MR) is 62.4 cm³/mol. The Morgan fingerprint density at radius 3 is 2.83 bits per heavy atom. The first kappa shape index (κ1) is 15.2. The van der Waals surface area contributed by atoms with E-state index in [-0.39, 0.29) is 13.2 Å². The van der Waals surface area contributed by atoms with Crippen molar-refractivity contribution in [1.29, 1.82) is 0 Å². The van der Waals surface area contributed by atoms with Crippen molar-refractivity contribution in [2.45, 2.75) is 12.4 Å². The van der Waals surface area contributed by atoms with Crippen LogP contribution in [0.25, 0.3) is 0 Å². The largest absolute Gasteiger partial charge is 0.479 e. The Hall–Kier alpha value is -0.830. The van der Waals surface area contributed by atoms with Crippen LogP contribution in [-0.2, 0) is 28.5 Å². The van der Waals surface area contributed by atoms with Crippen molar-refractivity contribution in [3.63, 3.8) is 0 Å². The first-order valence-corrected chi connectivity index (χ1v) is 6.54. The van der Waals surface area contributed by atoms with Crippen LogP contribution in [0.4, 0.5) is 0 Å². The van der Waals surface area contributed by atoms with E-state index in [0.29, 0.717) is 12.4 Å². The second-order valence-corrected chi connectivity index (χ2v) is 4.54. The van der Waals surface area contributed by atoms with Crippen molar-refractivity contribution >= 4 is 23.7 Å². The van der Waals surface area contributed by atoms with E-state index >= 15 is 0 Å². The molecule has 8 heteroatoms. The van der Waals surface area contributed by atoms with Gasteiger partial charge in [-0.15, -0.1) is 0 Å². The molecule has 7 nitrogen and oxygen atoms in total. The number of ether oxygens (including phenoxy) is 4. The summed E-state index contributed by atoms with van der Waals surface area (Å²) >= 11 is 1.57. The van der Waals surface area contributed by atoms with Crippen LogP contribution in [0.2, 0.25) is 0 Å². The van der Waals surface area contributed by atoms with Crippen LogP contribution < -0.4 is 0 Å². The summed E-state index contributed by atoms with van der Waals surface area (Å²) in [5.41, 5.74) is 0. The van der Waals surface area contributed by atoms with Crippen LogP contribution in [0.1, 0.15) is 0 Å². The molecule has 0 aromatic carbocycles. The topological polar surface area (TPSA) is 91.3 Å². The molecule has 1 fully saturated rings. The SMILES string of the molecule is COCCOC(=O)C(OC1CSCCO1)C(=O)O. The third kappa shape index (κ3) is 5.21. The van der Waals surface area contributed by atoms with Gasteiger partial charge in [0.05, 0.1) is 13.2 Å². The molecule has 0 bridgehead atoms. The Morgan fingerprint density at radius 1 is 1.50 bits per heavy atom. The Labute approximate surface area is 109 Å². The standard InChI is InChI=1S/C10H16O7S/c1-14-2-3-16-10(13)8(9(11)12)17-7-6-18-5-4-15-7/h7-8H,2-6H2,1H3,(H,11,12). The average Bonchev–Trinajstić information content (AvgIpc) is 2.37. The molecule has 18 heavy (non-hydrogen) atoms. The summed E-state index contributed by atoms with van der Waals surface area (Å²) in [4.78, 5) is 22.4. The van der Waals surface area contributed by atoms with Crippen LogP contribution in [0.15, 0.2) is 0 Å². The highest BCUT2D eigenvalue weighted by Crippen LogP contribution is 2.15. The summed E-state index contributed by atoms with van der Waals surface area (Å²) in [6.45, 7) is 0.664. The molecule has 1 aliphatic heterocycles. The molecule has 0 aromatic rings. The number of hydrogen-bond acceptors (Lipinski definition) is 7. The van der Waals surface area contributed by atoms with Gasteiger partial charge in [0.15, 0.2) is 6.29 Å². The van der Waals surface area contributed by atoms with Gasteiger partial charge in [-0.25, -0.2) is 9.59 Å². The molecule has 2 unspecified atom stereocenters. The van der Waals surface area contributed by atoms with Crippen molar-refractivity contribution < 1.29 is 33.6 Å². The quantitative estimate of drug-likeness (QED) is 0.387. The van der Waals surface area contributed by atoms with E-state index in [4.69, 9.17) is 19.3 Å². The van der Waals surface area contributed by atoms with Gasteiger partial charge in [-0.2, -0.15) is 11.8 Å². The highest BCUT2D eigenvalue weighted by molar-refractivity contribution is 7.99. The van der Waals surface area contributed by atoms with Gasteiger partial charge < -0.3 is 24.1 Å². The fourth-order valence-corrected chi connectivity index (χ4v) is 1.96. The average molecular weight is 280 g/mol. The summed E-state index contributed by atoms with van der Waals surface area (Å²) in [6.07, 6.45) is -2.36. The lowest BCUT2D eigenvalue weighted by Crippen LogP contribution is -2.40. The van der Waals surface area contributed by atoms with Crippen molar-refractivity contribution in [1.82, 2.24) is 0 Å². The third-order valence-corrected chi connectivity index (χ3v) is 3.01. The predicted octanol–water partition coefficient (Wildman–Crippen LogP) is -0.265. The highest BCUT2D eigenvalue weighted by Gasteiger charge is 2.33. The lowest BCUT2D eigenvalue weighted by Gasteiger charge is -2.24. The van der Waals surface area contributed by atoms with Crippen molar-refractivity contribution in [3.8, 4) is 0 Å². The number of esters is 1. The minimum absolute atomic E-state index is 0.0112. The third-order valence-electron chi connectivity index (χ3n) is 2.04. The monoisotopic (exact) mass is 280 g/mol. The van der Waals surface area contributed by atoms with Gasteiger partial charge in [-0.1, -0.05) is 0 Å². The van der Waals surface area contributed by atoms with Gasteiger partial charge in [0, 0.05) is 18.6 Å². The summed E-state index contributed by atoms with van der Waals surface area (Å²) in [6, 6.07) is 0. The first-order chi connectivity index (χ1) is 8.65. The summed E-state index contributed by atoms with van der Waals surface area (Å²) in [7, 11) is 1.45. The van der Waals surface area contributed by atoms with E-state index in [9.17, 15) is 9.59 Å². The number of methoxy groups -OCH3 is 1. The fourth-order valence-electron chi connectivity index (χ4n) is 1.21. The minimum atomic E-state index is -1.66. The van der Waals surface area contributed by atoms with Gasteiger partial charge in [0.2, 0.25) is 0 Å². The zero-order chi connectivity index (χ0) is 13.4. The molecule has 2 atom stereocenters. The lowest BCUT2D eigenvalue weighted by molar-refractivity contribution is -0.197. The Kier molecular flexibility index (Phi) is 7.02. The summed E-state index contributed by atoms with van der Waals surface area (Å²) in [5.74, 6) is -1.01.